The van der Waals surface area contributed by atoms with E-state index in [2.05, 4.69) is 12.2 Å². The van der Waals surface area contributed by atoms with Crippen LogP contribution < -0.4 is 11.1 Å². The topological polar surface area (TPSA) is 81.4 Å². The Bertz CT molecular complexity index is 275. The van der Waals surface area contributed by atoms with E-state index in [1.807, 2.05) is 0 Å². The molecule has 0 saturated carbocycles. The van der Waals surface area contributed by atoms with Crippen LogP contribution in [0.4, 0.5) is 0 Å². The monoisotopic (exact) mass is 256 g/mol. The quantitative estimate of drug-likeness (QED) is 0.638. The number of primary amides is 1. The predicted molar refractivity (Wildman–Crippen MR) is 68.9 cm³/mol. The van der Waals surface area contributed by atoms with Crippen LogP contribution in [0, 0.1) is 0 Å². The minimum absolute atomic E-state index is 0.202. The molecule has 5 heteroatoms. The van der Waals surface area contributed by atoms with Crippen LogP contribution in [0.1, 0.15) is 51.9 Å². The van der Waals surface area contributed by atoms with E-state index >= 15 is 0 Å². The van der Waals surface area contributed by atoms with Gasteiger partial charge in [-0.2, -0.15) is 0 Å². The average Bonchev–Trinajstić information content (AvgIpc) is 2.86. The van der Waals surface area contributed by atoms with E-state index in [-0.39, 0.29) is 5.91 Å². The van der Waals surface area contributed by atoms with Gasteiger partial charge in [-0.05, 0) is 19.3 Å². The molecule has 0 spiro atoms. The van der Waals surface area contributed by atoms with Crippen LogP contribution in [0.3, 0.4) is 0 Å². The van der Waals surface area contributed by atoms with Crippen LogP contribution in [0.25, 0.3) is 0 Å². The third kappa shape index (κ3) is 5.04. The van der Waals surface area contributed by atoms with Gasteiger partial charge in [0.15, 0.2) is 0 Å². The second-order valence-corrected chi connectivity index (χ2v) is 4.81. The van der Waals surface area contributed by atoms with E-state index in [0.29, 0.717) is 13.0 Å². The summed E-state index contributed by atoms with van der Waals surface area (Å²) in [6.45, 7) is 2.75. The van der Waals surface area contributed by atoms with E-state index in [0.717, 1.165) is 38.5 Å². The average molecular weight is 256 g/mol. The molecule has 1 rings (SSSR count). The zero-order valence-corrected chi connectivity index (χ0v) is 11.1. The number of rotatable bonds is 8. The summed E-state index contributed by atoms with van der Waals surface area (Å²) in [5.41, 5.74) is 5.30. The first-order valence-corrected chi connectivity index (χ1v) is 6.86. The van der Waals surface area contributed by atoms with Gasteiger partial charge >= 0.3 is 0 Å². The number of nitrogens with two attached hydrogens (primary N) is 1. The van der Waals surface area contributed by atoms with Crippen molar-refractivity contribution in [2.75, 3.05) is 6.61 Å². The van der Waals surface area contributed by atoms with Crippen LogP contribution in [0.15, 0.2) is 0 Å². The molecule has 18 heavy (non-hydrogen) atoms. The van der Waals surface area contributed by atoms with Crippen LogP contribution in [-0.4, -0.2) is 30.6 Å². The van der Waals surface area contributed by atoms with Gasteiger partial charge in [0.25, 0.3) is 0 Å². The Morgan fingerprint density at radius 1 is 1.39 bits per heavy atom. The highest BCUT2D eigenvalue weighted by Gasteiger charge is 2.27. The molecule has 1 heterocycles. The molecule has 2 atom stereocenters. The Kier molecular flexibility index (Phi) is 6.72. The lowest BCUT2D eigenvalue weighted by molar-refractivity contribution is -0.133. The smallest absolute Gasteiger partial charge is 0.249 e. The number of carbonyl (C=O) groups excluding carboxylic acids is 2. The van der Waals surface area contributed by atoms with Crippen molar-refractivity contribution in [1.29, 1.82) is 0 Å². The molecule has 0 aromatic carbocycles. The Hall–Kier alpha value is -1.10. The number of ether oxygens (including phenoxy) is 1. The van der Waals surface area contributed by atoms with Crippen LogP contribution in [0.2, 0.25) is 0 Å². The van der Waals surface area contributed by atoms with Gasteiger partial charge < -0.3 is 15.8 Å². The third-order valence-electron chi connectivity index (χ3n) is 3.23. The molecule has 1 saturated heterocycles. The molecule has 0 unspecified atom stereocenters. The molecule has 104 valence electrons. The van der Waals surface area contributed by atoms with Crippen molar-refractivity contribution >= 4 is 11.8 Å². The minimum Gasteiger partial charge on any atom is -0.368 e. The van der Waals surface area contributed by atoms with Gasteiger partial charge in [-0.3, -0.25) is 9.59 Å². The summed E-state index contributed by atoms with van der Waals surface area (Å²) in [6.07, 6.45) is 6.11. The van der Waals surface area contributed by atoms with E-state index in [9.17, 15) is 9.59 Å². The molecular formula is C13H24N2O3. The summed E-state index contributed by atoms with van der Waals surface area (Å²) < 4.78 is 5.27. The van der Waals surface area contributed by atoms with Crippen molar-refractivity contribution in [2.24, 2.45) is 5.73 Å². The van der Waals surface area contributed by atoms with Crippen LogP contribution in [0.5, 0.6) is 0 Å². The van der Waals surface area contributed by atoms with Gasteiger partial charge in [0.2, 0.25) is 11.8 Å². The maximum Gasteiger partial charge on any atom is 0.249 e. The number of carbonyl (C=O) groups is 2. The summed E-state index contributed by atoms with van der Waals surface area (Å²) in [5, 5.41) is 2.70. The SMILES string of the molecule is CCCCCC[C@H](NC(=O)[C@H]1CCCO1)C(N)=O. The van der Waals surface area contributed by atoms with Gasteiger partial charge in [0.1, 0.15) is 12.1 Å². The summed E-state index contributed by atoms with van der Waals surface area (Å²) in [7, 11) is 0. The maximum absolute atomic E-state index is 11.8. The summed E-state index contributed by atoms with van der Waals surface area (Å²) in [5.74, 6) is -0.662. The molecule has 1 aliphatic heterocycles. The molecule has 0 bridgehead atoms. The second-order valence-electron chi connectivity index (χ2n) is 4.81. The molecule has 1 aliphatic rings. The molecule has 0 aliphatic carbocycles. The molecule has 2 amide bonds. The van der Waals surface area contributed by atoms with Crippen molar-refractivity contribution < 1.29 is 14.3 Å². The third-order valence-corrected chi connectivity index (χ3v) is 3.23. The minimum atomic E-state index is -0.557. The second kappa shape index (κ2) is 8.08. The van der Waals surface area contributed by atoms with Crippen molar-refractivity contribution in [3.8, 4) is 0 Å². The number of hydrogen-bond donors (Lipinski definition) is 2. The molecule has 0 radical (unpaired) electrons. The number of unbranched alkanes of at least 4 members (excludes halogenated alkanes) is 3. The Morgan fingerprint density at radius 3 is 2.72 bits per heavy atom. The highest BCUT2D eigenvalue weighted by atomic mass is 16.5. The van der Waals surface area contributed by atoms with Crippen LogP contribution >= 0.6 is 0 Å². The Balaban J connectivity index is 2.32. The fraction of sp³-hybridized carbons (Fsp3) is 0.846. The molecular weight excluding hydrogens is 232 g/mol. The first kappa shape index (κ1) is 15.0. The maximum atomic E-state index is 11.8. The first-order valence-electron chi connectivity index (χ1n) is 6.86. The molecule has 0 aromatic heterocycles. The lowest BCUT2D eigenvalue weighted by atomic mass is 10.1. The summed E-state index contributed by atoms with van der Waals surface area (Å²) in [4.78, 5) is 23.1. The van der Waals surface area contributed by atoms with E-state index in [4.69, 9.17) is 10.5 Å². The van der Waals surface area contributed by atoms with Gasteiger partial charge in [-0.15, -0.1) is 0 Å². The van der Waals surface area contributed by atoms with Crippen molar-refractivity contribution in [3.05, 3.63) is 0 Å². The summed E-state index contributed by atoms with van der Waals surface area (Å²) >= 11 is 0. The van der Waals surface area contributed by atoms with Crippen molar-refractivity contribution in [1.82, 2.24) is 5.32 Å². The molecule has 5 nitrogen and oxygen atoms in total. The fourth-order valence-corrected chi connectivity index (χ4v) is 2.11. The van der Waals surface area contributed by atoms with Gasteiger partial charge in [-0.1, -0.05) is 32.6 Å². The van der Waals surface area contributed by atoms with E-state index in [1.165, 1.54) is 0 Å². The first-order chi connectivity index (χ1) is 8.65. The van der Waals surface area contributed by atoms with Crippen molar-refractivity contribution in [3.63, 3.8) is 0 Å². The Labute approximate surface area is 108 Å². The zero-order valence-electron chi connectivity index (χ0n) is 11.1. The normalized spacial score (nSPS) is 20.6. The van der Waals surface area contributed by atoms with Crippen molar-refractivity contribution in [2.45, 2.75) is 64.0 Å². The molecule has 3 N–H and O–H groups in total. The lowest BCUT2D eigenvalue weighted by Crippen LogP contribution is -2.47. The van der Waals surface area contributed by atoms with Gasteiger partial charge in [0.05, 0.1) is 0 Å². The van der Waals surface area contributed by atoms with E-state index < -0.39 is 18.1 Å². The van der Waals surface area contributed by atoms with Gasteiger partial charge in [0, 0.05) is 6.61 Å². The van der Waals surface area contributed by atoms with Gasteiger partial charge in [-0.25, -0.2) is 0 Å². The predicted octanol–water partition coefficient (Wildman–Crippen LogP) is 1.11. The highest BCUT2D eigenvalue weighted by molar-refractivity contribution is 5.88. The molecule has 1 fully saturated rings. The van der Waals surface area contributed by atoms with Crippen LogP contribution in [-0.2, 0) is 14.3 Å². The standard InChI is InChI=1S/C13H24N2O3/c1-2-3-4-5-7-10(12(14)16)15-13(17)11-8-6-9-18-11/h10-11H,2-9H2,1H3,(H2,14,16)(H,15,17)/t10-,11+/m0/s1. The Morgan fingerprint density at radius 2 is 2.17 bits per heavy atom. The lowest BCUT2D eigenvalue weighted by Gasteiger charge is -2.17. The zero-order chi connectivity index (χ0) is 13.4. The summed E-state index contributed by atoms with van der Waals surface area (Å²) in [6, 6.07) is -0.557. The fourth-order valence-electron chi connectivity index (χ4n) is 2.11. The largest absolute Gasteiger partial charge is 0.368 e. The molecule has 0 aromatic rings. The highest BCUT2D eigenvalue weighted by Crippen LogP contribution is 2.13. The number of hydrogen-bond acceptors (Lipinski definition) is 3. The number of nitrogens with one attached hydrogen (secondary N) is 1. The number of amides is 2. The van der Waals surface area contributed by atoms with E-state index in [1.54, 1.807) is 0 Å².